The third-order valence-electron chi connectivity index (χ3n) is 2.62. The Morgan fingerprint density at radius 3 is 2.70 bits per heavy atom. The fourth-order valence-corrected chi connectivity index (χ4v) is 1.50. The molecule has 0 atom stereocenters. The van der Waals surface area contributed by atoms with E-state index in [1.54, 1.807) is 25.3 Å². The zero-order valence-electron chi connectivity index (χ0n) is 11.4. The number of aryl methyl sites for hydroxylation is 1. The van der Waals surface area contributed by atoms with Gasteiger partial charge in [-0.3, -0.25) is 4.79 Å². The molecule has 1 heterocycles. The number of carbonyl (C=O) groups excluding carboxylic acids is 1. The van der Waals surface area contributed by atoms with Gasteiger partial charge in [-0.1, -0.05) is 17.7 Å². The van der Waals surface area contributed by atoms with Crippen molar-refractivity contribution >= 4 is 11.6 Å². The van der Waals surface area contributed by atoms with Gasteiger partial charge in [-0.2, -0.15) is 5.10 Å². The van der Waals surface area contributed by atoms with E-state index in [4.69, 9.17) is 9.15 Å². The molecule has 5 heteroatoms. The molecule has 1 aromatic heterocycles. The van der Waals surface area contributed by atoms with Gasteiger partial charge in [0.15, 0.2) is 6.61 Å². The number of hydrogen-bond acceptors (Lipinski definition) is 4. The third-order valence-corrected chi connectivity index (χ3v) is 2.62. The number of ether oxygens (including phenoxy) is 1. The lowest BCUT2D eigenvalue weighted by molar-refractivity contribution is -0.123. The topological polar surface area (TPSA) is 63.8 Å². The molecule has 0 fully saturated rings. The van der Waals surface area contributed by atoms with Gasteiger partial charge in [-0.15, -0.1) is 0 Å². The Kier molecular flexibility index (Phi) is 4.55. The third kappa shape index (κ3) is 3.98. The number of furan rings is 1. The van der Waals surface area contributed by atoms with Crippen molar-refractivity contribution < 1.29 is 13.9 Å². The second-order valence-electron chi connectivity index (χ2n) is 4.31. The van der Waals surface area contributed by atoms with E-state index in [1.165, 1.54) is 0 Å². The molecule has 104 valence electrons. The molecule has 1 aromatic carbocycles. The minimum atomic E-state index is -0.323. The second-order valence-corrected chi connectivity index (χ2v) is 4.31. The van der Waals surface area contributed by atoms with Crippen LogP contribution in [0.1, 0.15) is 18.2 Å². The Hall–Kier alpha value is -2.56. The van der Waals surface area contributed by atoms with Crippen LogP contribution >= 0.6 is 0 Å². The van der Waals surface area contributed by atoms with Crippen molar-refractivity contribution in [3.8, 4) is 5.75 Å². The molecule has 0 aliphatic rings. The Bertz CT molecular complexity index is 586. The Morgan fingerprint density at radius 1 is 1.30 bits per heavy atom. The van der Waals surface area contributed by atoms with Gasteiger partial charge in [0.2, 0.25) is 0 Å². The summed E-state index contributed by atoms with van der Waals surface area (Å²) in [4.78, 5) is 11.6. The number of benzene rings is 1. The number of amides is 1. The van der Waals surface area contributed by atoms with Gasteiger partial charge in [0.05, 0.1) is 6.26 Å². The fraction of sp³-hybridized carbons (Fsp3) is 0.200. The molecule has 0 aliphatic heterocycles. The Labute approximate surface area is 117 Å². The largest absolute Gasteiger partial charge is 0.484 e. The van der Waals surface area contributed by atoms with Crippen molar-refractivity contribution in [1.82, 2.24) is 5.43 Å². The maximum atomic E-state index is 11.6. The van der Waals surface area contributed by atoms with Crippen molar-refractivity contribution in [3.05, 3.63) is 54.0 Å². The normalized spacial score (nSPS) is 11.2. The van der Waals surface area contributed by atoms with Crippen molar-refractivity contribution in [2.45, 2.75) is 13.8 Å². The van der Waals surface area contributed by atoms with Crippen LogP contribution in [0.25, 0.3) is 0 Å². The van der Waals surface area contributed by atoms with Crippen molar-refractivity contribution in [1.29, 1.82) is 0 Å². The molecule has 20 heavy (non-hydrogen) atoms. The van der Waals surface area contributed by atoms with E-state index in [1.807, 2.05) is 31.2 Å². The van der Waals surface area contributed by atoms with E-state index >= 15 is 0 Å². The van der Waals surface area contributed by atoms with Gasteiger partial charge in [-0.05, 0) is 38.1 Å². The van der Waals surface area contributed by atoms with E-state index in [0.29, 0.717) is 17.2 Å². The summed E-state index contributed by atoms with van der Waals surface area (Å²) < 4.78 is 10.5. The lowest BCUT2D eigenvalue weighted by atomic mass is 10.2. The van der Waals surface area contributed by atoms with Crippen LogP contribution in [0.3, 0.4) is 0 Å². The first-order chi connectivity index (χ1) is 9.65. The summed E-state index contributed by atoms with van der Waals surface area (Å²) in [5, 5.41) is 3.94. The monoisotopic (exact) mass is 272 g/mol. The molecule has 0 bridgehead atoms. The van der Waals surface area contributed by atoms with Gasteiger partial charge >= 0.3 is 0 Å². The van der Waals surface area contributed by atoms with Gasteiger partial charge in [0.25, 0.3) is 5.91 Å². The minimum absolute atomic E-state index is 0.0853. The fourth-order valence-electron chi connectivity index (χ4n) is 1.50. The SMILES string of the molecule is C/C(=N/NC(=O)COc1ccc(C)cc1)c1ccco1. The van der Waals surface area contributed by atoms with E-state index in [2.05, 4.69) is 10.5 Å². The van der Waals surface area contributed by atoms with Gasteiger partial charge in [0.1, 0.15) is 17.2 Å². The standard InChI is InChI=1S/C15H16N2O3/c1-11-5-7-13(8-6-11)20-10-15(18)17-16-12(2)14-4-3-9-19-14/h3-9H,10H2,1-2H3,(H,17,18)/b16-12-. The summed E-state index contributed by atoms with van der Waals surface area (Å²) in [5.41, 5.74) is 4.15. The highest BCUT2D eigenvalue weighted by molar-refractivity contribution is 5.96. The highest BCUT2D eigenvalue weighted by Gasteiger charge is 2.04. The van der Waals surface area contributed by atoms with Crippen LogP contribution in [0.15, 0.2) is 52.2 Å². The quantitative estimate of drug-likeness (QED) is 0.672. The first-order valence-electron chi connectivity index (χ1n) is 6.21. The molecule has 5 nitrogen and oxygen atoms in total. The molecule has 2 rings (SSSR count). The van der Waals surface area contributed by atoms with Crippen molar-refractivity contribution in [2.75, 3.05) is 6.61 Å². The summed E-state index contributed by atoms with van der Waals surface area (Å²) in [7, 11) is 0. The molecule has 0 radical (unpaired) electrons. The highest BCUT2D eigenvalue weighted by Crippen LogP contribution is 2.10. The highest BCUT2D eigenvalue weighted by atomic mass is 16.5. The molecular weight excluding hydrogens is 256 g/mol. The first kappa shape index (κ1) is 13.9. The summed E-state index contributed by atoms with van der Waals surface area (Å²) in [6.45, 7) is 3.65. The van der Waals surface area contributed by atoms with Crippen LogP contribution in [0.4, 0.5) is 0 Å². The number of nitrogens with one attached hydrogen (secondary N) is 1. The van der Waals surface area contributed by atoms with Crippen LogP contribution in [-0.2, 0) is 4.79 Å². The molecule has 0 saturated carbocycles. The zero-order valence-corrected chi connectivity index (χ0v) is 11.4. The van der Waals surface area contributed by atoms with E-state index in [-0.39, 0.29) is 12.5 Å². The zero-order chi connectivity index (χ0) is 14.4. The number of carbonyl (C=O) groups is 1. The van der Waals surface area contributed by atoms with Gasteiger partial charge in [0, 0.05) is 0 Å². The molecule has 1 amide bonds. The van der Waals surface area contributed by atoms with Crippen molar-refractivity contribution in [3.63, 3.8) is 0 Å². The molecule has 1 N–H and O–H groups in total. The average Bonchev–Trinajstić information content (AvgIpc) is 2.98. The molecule has 0 saturated heterocycles. The molecular formula is C15H16N2O3. The van der Waals surface area contributed by atoms with Gasteiger partial charge in [-0.25, -0.2) is 5.43 Å². The molecule has 2 aromatic rings. The molecule has 0 spiro atoms. The predicted molar refractivity (Wildman–Crippen MR) is 75.7 cm³/mol. The van der Waals surface area contributed by atoms with Gasteiger partial charge < -0.3 is 9.15 Å². The maximum Gasteiger partial charge on any atom is 0.277 e. The van der Waals surface area contributed by atoms with E-state index < -0.39 is 0 Å². The van der Waals surface area contributed by atoms with Crippen LogP contribution in [0.5, 0.6) is 5.75 Å². The minimum Gasteiger partial charge on any atom is -0.484 e. The average molecular weight is 272 g/mol. The predicted octanol–water partition coefficient (Wildman–Crippen LogP) is 2.51. The van der Waals surface area contributed by atoms with Crippen LogP contribution in [-0.4, -0.2) is 18.2 Å². The first-order valence-corrected chi connectivity index (χ1v) is 6.21. The number of hydrazone groups is 1. The van der Waals surface area contributed by atoms with Crippen molar-refractivity contribution in [2.24, 2.45) is 5.10 Å². The van der Waals surface area contributed by atoms with Crippen LogP contribution in [0, 0.1) is 6.92 Å². The maximum absolute atomic E-state index is 11.6. The summed E-state index contributed by atoms with van der Waals surface area (Å²) in [6, 6.07) is 11.0. The van der Waals surface area contributed by atoms with E-state index in [0.717, 1.165) is 5.56 Å². The summed E-state index contributed by atoms with van der Waals surface area (Å²) in [5.74, 6) is 0.943. The molecule has 0 aliphatic carbocycles. The number of nitrogens with zero attached hydrogens (tertiary/aromatic N) is 1. The molecule has 0 unspecified atom stereocenters. The summed E-state index contributed by atoms with van der Waals surface area (Å²) in [6.07, 6.45) is 1.55. The van der Waals surface area contributed by atoms with Crippen LogP contribution < -0.4 is 10.2 Å². The number of hydrogen-bond donors (Lipinski definition) is 1. The van der Waals surface area contributed by atoms with Crippen LogP contribution in [0.2, 0.25) is 0 Å². The Balaban J connectivity index is 1.81. The smallest absolute Gasteiger partial charge is 0.277 e. The van der Waals surface area contributed by atoms with E-state index in [9.17, 15) is 4.79 Å². The second kappa shape index (κ2) is 6.56. The Morgan fingerprint density at radius 2 is 2.05 bits per heavy atom. The number of rotatable bonds is 5. The lowest BCUT2D eigenvalue weighted by Crippen LogP contribution is -2.25. The summed E-state index contributed by atoms with van der Waals surface area (Å²) >= 11 is 0. The lowest BCUT2D eigenvalue weighted by Gasteiger charge is -2.05.